The molecular weight excluding hydrogens is 456 g/mol. The van der Waals surface area contributed by atoms with Gasteiger partial charge in [0.15, 0.2) is 15.7 Å². The predicted octanol–water partition coefficient (Wildman–Crippen LogP) is 3.93. The third-order valence-electron chi connectivity index (χ3n) is 5.00. The number of nitrogens with one attached hydrogen (secondary N) is 2. The van der Waals surface area contributed by atoms with Crippen molar-refractivity contribution in [2.45, 2.75) is 10.6 Å². The number of hydrogen-bond acceptors (Lipinski definition) is 8. The summed E-state index contributed by atoms with van der Waals surface area (Å²) in [7, 11) is -0.728. The topological polar surface area (TPSA) is 120 Å². The van der Waals surface area contributed by atoms with Crippen LogP contribution in [0.15, 0.2) is 71.6 Å². The molecule has 9 nitrogen and oxygen atoms in total. The van der Waals surface area contributed by atoms with Crippen LogP contribution in [-0.4, -0.2) is 39.0 Å². The van der Waals surface area contributed by atoms with Crippen molar-refractivity contribution < 1.29 is 22.7 Å². The molecule has 0 bridgehead atoms. The minimum Gasteiger partial charge on any atom is -0.497 e. The number of sulfone groups is 1. The zero-order valence-corrected chi connectivity index (χ0v) is 19.3. The average molecular weight is 479 g/mol. The lowest BCUT2D eigenvalue weighted by Gasteiger charge is -2.14. The largest absolute Gasteiger partial charge is 0.497 e. The lowest BCUT2D eigenvalue weighted by molar-refractivity contribution is -0.105. The fourth-order valence-corrected chi connectivity index (χ4v) is 4.68. The van der Waals surface area contributed by atoms with Crippen LogP contribution in [0.25, 0.3) is 11.0 Å². The summed E-state index contributed by atoms with van der Waals surface area (Å²) in [5.41, 5.74) is 2.39. The van der Waals surface area contributed by atoms with Crippen LogP contribution in [-0.2, 0) is 20.4 Å². The highest BCUT2D eigenvalue weighted by atomic mass is 32.2. The van der Waals surface area contributed by atoms with Crippen molar-refractivity contribution in [1.82, 2.24) is 9.97 Å². The van der Waals surface area contributed by atoms with Gasteiger partial charge in [-0.15, -0.1) is 0 Å². The molecular formula is C24H22N4O5S. The Morgan fingerprint density at radius 2 is 1.53 bits per heavy atom. The third kappa shape index (κ3) is 5.07. The summed E-state index contributed by atoms with van der Waals surface area (Å²) in [4.78, 5) is 20.0. The number of hydrogen-bond donors (Lipinski definition) is 2. The number of methoxy groups -OCH3 is 2. The number of fused-ring (bicyclic) bond motifs is 1. The number of benzene rings is 3. The van der Waals surface area contributed by atoms with E-state index in [0.29, 0.717) is 46.1 Å². The van der Waals surface area contributed by atoms with Gasteiger partial charge < -0.3 is 20.1 Å². The van der Waals surface area contributed by atoms with E-state index in [-0.39, 0.29) is 10.6 Å². The molecule has 1 heterocycles. The lowest BCUT2D eigenvalue weighted by atomic mass is 10.2. The molecule has 0 aliphatic carbocycles. The molecule has 0 saturated heterocycles. The number of carbonyl (C=O) groups excluding carboxylic acids is 1. The van der Waals surface area contributed by atoms with Crippen molar-refractivity contribution in [2.24, 2.45) is 0 Å². The van der Waals surface area contributed by atoms with Crippen molar-refractivity contribution in [2.75, 3.05) is 24.9 Å². The first-order valence-corrected chi connectivity index (χ1v) is 11.9. The van der Waals surface area contributed by atoms with Crippen molar-refractivity contribution in [3.63, 3.8) is 0 Å². The van der Waals surface area contributed by atoms with E-state index >= 15 is 0 Å². The van der Waals surface area contributed by atoms with E-state index in [0.717, 1.165) is 0 Å². The Kier molecular flexibility index (Phi) is 6.60. The van der Waals surface area contributed by atoms with Crippen LogP contribution < -0.4 is 20.1 Å². The second kappa shape index (κ2) is 9.75. The van der Waals surface area contributed by atoms with Gasteiger partial charge in [0, 0.05) is 29.6 Å². The van der Waals surface area contributed by atoms with Gasteiger partial charge in [0.25, 0.3) is 0 Å². The highest BCUT2D eigenvalue weighted by molar-refractivity contribution is 7.90. The summed E-state index contributed by atoms with van der Waals surface area (Å²) in [6, 6.07) is 18.5. The SMILES string of the molecule is COc1cc(Nc2nc3ccccc3nc2CS(=O)(=O)c2cccc(NC=O)c2)cc(OC)c1. The van der Waals surface area contributed by atoms with Crippen LogP contribution >= 0.6 is 0 Å². The molecule has 174 valence electrons. The zero-order valence-electron chi connectivity index (χ0n) is 18.5. The molecule has 34 heavy (non-hydrogen) atoms. The monoisotopic (exact) mass is 478 g/mol. The normalized spacial score (nSPS) is 11.1. The fourth-order valence-electron chi connectivity index (χ4n) is 3.36. The summed E-state index contributed by atoms with van der Waals surface area (Å²) in [6.45, 7) is 0. The summed E-state index contributed by atoms with van der Waals surface area (Å²) in [5, 5.41) is 5.63. The molecule has 0 saturated carbocycles. The van der Waals surface area contributed by atoms with E-state index in [4.69, 9.17) is 9.47 Å². The van der Waals surface area contributed by atoms with E-state index in [2.05, 4.69) is 20.6 Å². The molecule has 1 amide bonds. The van der Waals surface area contributed by atoms with Crippen LogP contribution in [0, 0.1) is 0 Å². The number of nitrogens with zero attached hydrogens (tertiary/aromatic N) is 2. The molecule has 0 unspecified atom stereocenters. The number of amides is 1. The van der Waals surface area contributed by atoms with Gasteiger partial charge in [0.1, 0.15) is 17.3 Å². The second-order valence-electron chi connectivity index (χ2n) is 7.28. The number of rotatable bonds is 9. The quantitative estimate of drug-likeness (QED) is 0.347. The molecule has 0 radical (unpaired) electrons. The van der Waals surface area contributed by atoms with Gasteiger partial charge in [-0.2, -0.15) is 0 Å². The van der Waals surface area contributed by atoms with Crippen LogP contribution in [0.1, 0.15) is 5.69 Å². The van der Waals surface area contributed by atoms with Crippen molar-refractivity contribution >= 4 is 44.5 Å². The minimum absolute atomic E-state index is 0.0586. The Labute approximate surface area is 196 Å². The second-order valence-corrected chi connectivity index (χ2v) is 9.27. The predicted molar refractivity (Wildman–Crippen MR) is 129 cm³/mol. The maximum absolute atomic E-state index is 13.2. The van der Waals surface area contributed by atoms with Gasteiger partial charge in [0.05, 0.1) is 35.8 Å². The first kappa shape index (κ1) is 23.0. The Balaban J connectivity index is 1.77. The number of aromatic nitrogens is 2. The highest BCUT2D eigenvalue weighted by Crippen LogP contribution is 2.30. The first-order chi connectivity index (χ1) is 16.4. The number of para-hydroxylation sites is 2. The van der Waals surface area contributed by atoms with Gasteiger partial charge in [-0.25, -0.2) is 18.4 Å². The standard InChI is InChI=1S/C24H22N4O5S/c1-32-18-10-17(11-19(13-18)33-2)26-24-23(27-21-8-3-4-9-22(21)28-24)14-34(30,31)20-7-5-6-16(12-20)25-15-29/h3-13,15H,14H2,1-2H3,(H,25,29)(H,26,28). The Morgan fingerprint density at radius 1 is 0.853 bits per heavy atom. The van der Waals surface area contributed by atoms with Gasteiger partial charge in [0.2, 0.25) is 6.41 Å². The van der Waals surface area contributed by atoms with Gasteiger partial charge in [-0.3, -0.25) is 4.79 Å². The molecule has 0 aliphatic heterocycles. The molecule has 4 aromatic rings. The number of anilines is 3. The summed E-state index contributed by atoms with van der Waals surface area (Å²) in [6.07, 6.45) is 0.491. The smallest absolute Gasteiger partial charge is 0.211 e. The van der Waals surface area contributed by atoms with E-state index in [1.165, 1.54) is 12.1 Å². The van der Waals surface area contributed by atoms with E-state index in [1.807, 2.05) is 12.1 Å². The summed E-state index contributed by atoms with van der Waals surface area (Å²) < 4.78 is 37.1. The van der Waals surface area contributed by atoms with Crippen molar-refractivity contribution in [3.8, 4) is 11.5 Å². The molecule has 1 aromatic heterocycles. The van der Waals surface area contributed by atoms with Crippen LogP contribution in [0.5, 0.6) is 11.5 Å². The van der Waals surface area contributed by atoms with E-state index in [9.17, 15) is 13.2 Å². The van der Waals surface area contributed by atoms with Gasteiger partial charge in [-0.05, 0) is 30.3 Å². The van der Waals surface area contributed by atoms with Crippen molar-refractivity contribution in [3.05, 3.63) is 72.4 Å². The summed E-state index contributed by atoms with van der Waals surface area (Å²) >= 11 is 0. The lowest BCUT2D eigenvalue weighted by Crippen LogP contribution is -2.11. The number of ether oxygens (including phenoxy) is 2. The minimum atomic E-state index is -3.81. The zero-order chi connectivity index (χ0) is 24.1. The van der Waals surface area contributed by atoms with Crippen molar-refractivity contribution in [1.29, 1.82) is 0 Å². The molecule has 0 aliphatic rings. The van der Waals surface area contributed by atoms with E-state index < -0.39 is 15.6 Å². The Bertz CT molecular complexity index is 1430. The average Bonchev–Trinajstić information content (AvgIpc) is 2.84. The van der Waals surface area contributed by atoms with Gasteiger partial charge >= 0.3 is 0 Å². The van der Waals surface area contributed by atoms with Crippen LogP contribution in [0.2, 0.25) is 0 Å². The molecule has 0 fully saturated rings. The fraction of sp³-hybridized carbons (Fsp3) is 0.125. The Hall–Kier alpha value is -4.18. The van der Waals surface area contributed by atoms with E-state index in [1.54, 1.807) is 56.7 Å². The molecule has 2 N–H and O–H groups in total. The highest BCUT2D eigenvalue weighted by Gasteiger charge is 2.21. The summed E-state index contributed by atoms with van der Waals surface area (Å²) in [5.74, 6) is 1.01. The Morgan fingerprint density at radius 3 is 2.18 bits per heavy atom. The molecule has 4 rings (SSSR count). The molecule has 3 aromatic carbocycles. The molecule has 0 spiro atoms. The number of carbonyl (C=O) groups is 1. The molecule has 10 heteroatoms. The third-order valence-corrected chi connectivity index (χ3v) is 6.63. The first-order valence-electron chi connectivity index (χ1n) is 10.2. The van der Waals surface area contributed by atoms with Crippen LogP contribution in [0.3, 0.4) is 0 Å². The molecule has 0 atom stereocenters. The maximum atomic E-state index is 13.2. The van der Waals surface area contributed by atoms with Gasteiger partial charge in [-0.1, -0.05) is 18.2 Å². The van der Waals surface area contributed by atoms with Crippen LogP contribution in [0.4, 0.5) is 17.2 Å². The maximum Gasteiger partial charge on any atom is 0.211 e.